The molecule has 0 amide bonds. The molecule has 1 aliphatic heterocycles. The summed E-state index contributed by atoms with van der Waals surface area (Å²) in [5.74, 6) is 0. The number of hydrogen-bond acceptors (Lipinski definition) is 5. The molecule has 156 valence electrons. The van der Waals surface area contributed by atoms with Crippen LogP contribution in [0.15, 0.2) is 61.6 Å². The molecule has 0 spiro atoms. The van der Waals surface area contributed by atoms with Crippen LogP contribution < -0.4 is 10.2 Å². The summed E-state index contributed by atoms with van der Waals surface area (Å²) in [6.07, 6.45) is 9.52. The third kappa shape index (κ3) is 4.01. The maximum absolute atomic E-state index is 4.52. The highest BCUT2D eigenvalue weighted by Crippen LogP contribution is 2.30. The molecule has 5 rings (SSSR count). The van der Waals surface area contributed by atoms with E-state index in [1.165, 1.54) is 24.9 Å². The molecule has 0 aliphatic carbocycles. The highest BCUT2D eigenvalue weighted by atomic mass is 15.1. The van der Waals surface area contributed by atoms with Gasteiger partial charge in [0.1, 0.15) is 5.69 Å². The number of H-pyrrole nitrogens is 1. The lowest BCUT2D eigenvalue weighted by Crippen LogP contribution is -2.29. The van der Waals surface area contributed by atoms with Gasteiger partial charge in [0.15, 0.2) is 0 Å². The van der Waals surface area contributed by atoms with E-state index < -0.39 is 0 Å². The summed E-state index contributed by atoms with van der Waals surface area (Å²) in [6.45, 7) is 8.38. The molecule has 1 aliphatic rings. The minimum atomic E-state index is 0.731. The molecule has 0 bridgehead atoms. The third-order valence-electron chi connectivity index (χ3n) is 5.83. The van der Waals surface area contributed by atoms with Crippen molar-refractivity contribution < 1.29 is 0 Å². The van der Waals surface area contributed by atoms with Crippen molar-refractivity contribution in [2.75, 3.05) is 23.3 Å². The summed E-state index contributed by atoms with van der Waals surface area (Å²) in [6, 6.07) is 12.5. The molecule has 6 heteroatoms. The Bertz CT molecular complexity index is 1220. The average Bonchev–Trinajstić information content (AvgIpc) is 3.25. The number of piperidine rings is 1. The van der Waals surface area contributed by atoms with Gasteiger partial charge in [-0.3, -0.25) is 15.1 Å². The van der Waals surface area contributed by atoms with Crippen LogP contribution in [0.2, 0.25) is 0 Å². The van der Waals surface area contributed by atoms with Gasteiger partial charge >= 0.3 is 0 Å². The van der Waals surface area contributed by atoms with Crippen LogP contribution in [-0.4, -0.2) is 33.3 Å². The number of nitrogens with one attached hydrogen (secondary N) is 2. The first kappa shape index (κ1) is 19.3. The predicted molar refractivity (Wildman–Crippen MR) is 127 cm³/mol. The first-order chi connectivity index (χ1) is 15.2. The van der Waals surface area contributed by atoms with Crippen molar-refractivity contribution in [1.82, 2.24) is 20.2 Å². The highest BCUT2D eigenvalue weighted by molar-refractivity contribution is 5.95. The zero-order valence-electron chi connectivity index (χ0n) is 17.7. The number of anilines is 2. The van der Waals surface area contributed by atoms with E-state index in [2.05, 4.69) is 61.2 Å². The second kappa shape index (κ2) is 8.22. The van der Waals surface area contributed by atoms with Crippen molar-refractivity contribution in [3.8, 4) is 11.1 Å². The molecule has 0 saturated carbocycles. The van der Waals surface area contributed by atoms with Crippen LogP contribution in [0.5, 0.6) is 0 Å². The molecule has 6 nitrogen and oxygen atoms in total. The fraction of sp³-hybridized carbons (Fsp3) is 0.240. The number of nitrogens with zero attached hydrogens (tertiary/aromatic N) is 4. The van der Waals surface area contributed by atoms with Gasteiger partial charge in [-0.05, 0) is 62.1 Å². The van der Waals surface area contributed by atoms with E-state index in [4.69, 9.17) is 0 Å². The maximum atomic E-state index is 4.52. The summed E-state index contributed by atoms with van der Waals surface area (Å²) in [5.41, 5.74) is 7.80. The fourth-order valence-corrected chi connectivity index (χ4v) is 4.11. The summed E-state index contributed by atoms with van der Waals surface area (Å²) >= 11 is 0. The van der Waals surface area contributed by atoms with Gasteiger partial charge in [-0.15, -0.1) is 0 Å². The molecule has 4 heterocycles. The largest absolute Gasteiger partial charge is 0.370 e. The fourth-order valence-electron chi connectivity index (χ4n) is 4.11. The minimum absolute atomic E-state index is 0.731. The standard InChI is InChI=1S/C25H26N6/c1-17-6-8-21(15-27-17)28-18(2)25-23-13-19(7-9-24(23)29-30-25)20-12-22(16-26-14-20)31-10-4-3-5-11-31/h6-9,12-16,28H,2-5,10-11H2,1H3,(H,29,30). The van der Waals surface area contributed by atoms with E-state index >= 15 is 0 Å². The maximum Gasteiger partial charge on any atom is 0.116 e. The second-order valence-corrected chi connectivity index (χ2v) is 8.10. The molecule has 4 aromatic rings. The number of pyridine rings is 2. The monoisotopic (exact) mass is 410 g/mol. The molecule has 1 aromatic carbocycles. The number of benzene rings is 1. The Kier molecular flexibility index (Phi) is 5.12. The number of fused-ring (bicyclic) bond motifs is 1. The highest BCUT2D eigenvalue weighted by Gasteiger charge is 2.14. The number of rotatable bonds is 5. The van der Waals surface area contributed by atoms with Crippen LogP contribution in [-0.2, 0) is 0 Å². The number of aromatic amines is 1. The smallest absolute Gasteiger partial charge is 0.116 e. The van der Waals surface area contributed by atoms with E-state index in [0.717, 1.165) is 57.9 Å². The zero-order chi connectivity index (χ0) is 21.2. The number of aryl methyl sites for hydroxylation is 1. The van der Waals surface area contributed by atoms with Gasteiger partial charge in [0, 0.05) is 35.9 Å². The van der Waals surface area contributed by atoms with Crippen LogP contribution in [0, 0.1) is 6.92 Å². The molecule has 0 atom stereocenters. The number of hydrogen-bond donors (Lipinski definition) is 2. The van der Waals surface area contributed by atoms with Crippen LogP contribution in [0.3, 0.4) is 0 Å². The molecular formula is C25H26N6. The SMILES string of the molecule is C=C(Nc1ccc(C)nc1)c1n[nH]c2ccc(-c3cncc(N4CCCCC4)c3)cc12. The Morgan fingerprint density at radius 2 is 1.87 bits per heavy atom. The van der Waals surface area contributed by atoms with Gasteiger partial charge in [-0.2, -0.15) is 5.10 Å². The van der Waals surface area contributed by atoms with Gasteiger partial charge in [0.25, 0.3) is 0 Å². The van der Waals surface area contributed by atoms with Crippen molar-refractivity contribution in [3.05, 3.63) is 73.0 Å². The lowest BCUT2D eigenvalue weighted by molar-refractivity contribution is 0.577. The summed E-state index contributed by atoms with van der Waals surface area (Å²) in [5, 5.41) is 12.0. The van der Waals surface area contributed by atoms with Gasteiger partial charge in [-0.1, -0.05) is 12.6 Å². The predicted octanol–water partition coefficient (Wildman–Crippen LogP) is 5.40. The normalized spacial score (nSPS) is 14.0. The lowest BCUT2D eigenvalue weighted by atomic mass is 10.0. The van der Waals surface area contributed by atoms with E-state index in [0.29, 0.717) is 0 Å². The Hall–Kier alpha value is -3.67. The topological polar surface area (TPSA) is 69.7 Å². The molecule has 0 radical (unpaired) electrons. The Morgan fingerprint density at radius 1 is 1.00 bits per heavy atom. The summed E-state index contributed by atoms with van der Waals surface area (Å²) in [4.78, 5) is 11.3. The first-order valence-electron chi connectivity index (χ1n) is 10.7. The Morgan fingerprint density at radius 3 is 2.68 bits per heavy atom. The summed E-state index contributed by atoms with van der Waals surface area (Å²) < 4.78 is 0. The van der Waals surface area contributed by atoms with E-state index in [1.54, 1.807) is 6.20 Å². The molecule has 1 fully saturated rings. The second-order valence-electron chi connectivity index (χ2n) is 8.10. The minimum Gasteiger partial charge on any atom is -0.370 e. The van der Waals surface area contributed by atoms with Gasteiger partial charge in [-0.25, -0.2) is 0 Å². The lowest BCUT2D eigenvalue weighted by Gasteiger charge is -2.28. The molecule has 2 N–H and O–H groups in total. The zero-order valence-corrected chi connectivity index (χ0v) is 17.7. The van der Waals surface area contributed by atoms with Crippen LogP contribution in [0.1, 0.15) is 30.7 Å². The molecule has 3 aromatic heterocycles. The summed E-state index contributed by atoms with van der Waals surface area (Å²) in [7, 11) is 0. The van der Waals surface area contributed by atoms with Crippen molar-refractivity contribution >= 4 is 28.0 Å². The van der Waals surface area contributed by atoms with E-state index in [1.807, 2.05) is 31.5 Å². The van der Waals surface area contributed by atoms with Gasteiger partial charge < -0.3 is 10.2 Å². The van der Waals surface area contributed by atoms with Crippen LogP contribution >= 0.6 is 0 Å². The van der Waals surface area contributed by atoms with Crippen LogP contribution in [0.25, 0.3) is 27.7 Å². The van der Waals surface area contributed by atoms with Crippen molar-refractivity contribution in [2.24, 2.45) is 0 Å². The van der Waals surface area contributed by atoms with Crippen molar-refractivity contribution in [2.45, 2.75) is 26.2 Å². The Labute approximate surface area is 182 Å². The van der Waals surface area contributed by atoms with Crippen molar-refractivity contribution in [1.29, 1.82) is 0 Å². The third-order valence-corrected chi connectivity index (χ3v) is 5.83. The van der Waals surface area contributed by atoms with Crippen LogP contribution in [0.4, 0.5) is 11.4 Å². The quantitative estimate of drug-likeness (QED) is 0.461. The van der Waals surface area contributed by atoms with E-state index in [-0.39, 0.29) is 0 Å². The van der Waals surface area contributed by atoms with E-state index in [9.17, 15) is 0 Å². The van der Waals surface area contributed by atoms with Gasteiger partial charge in [0.05, 0.1) is 35.0 Å². The molecule has 31 heavy (non-hydrogen) atoms. The molecule has 1 saturated heterocycles. The molecular weight excluding hydrogens is 384 g/mol. The number of aromatic nitrogens is 4. The Balaban J connectivity index is 1.45. The van der Waals surface area contributed by atoms with Gasteiger partial charge in [0.2, 0.25) is 0 Å². The van der Waals surface area contributed by atoms with Crippen molar-refractivity contribution in [3.63, 3.8) is 0 Å². The first-order valence-corrected chi connectivity index (χ1v) is 10.7. The molecule has 0 unspecified atom stereocenters. The average molecular weight is 411 g/mol.